The van der Waals surface area contributed by atoms with Gasteiger partial charge in [-0.3, -0.25) is 4.90 Å². The van der Waals surface area contributed by atoms with E-state index >= 15 is 0 Å². The Morgan fingerprint density at radius 3 is 2.53 bits per heavy atom. The monoisotopic (exact) mass is 251 g/mol. The van der Waals surface area contributed by atoms with Gasteiger partial charge in [0, 0.05) is 17.3 Å². The van der Waals surface area contributed by atoms with Crippen molar-refractivity contribution in [3.63, 3.8) is 0 Å². The first kappa shape index (κ1) is 12.1. The van der Waals surface area contributed by atoms with Crippen LogP contribution >= 0.6 is 11.8 Å². The summed E-state index contributed by atoms with van der Waals surface area (Å²) in [7, 11) is 0. The molecule has 96 valence electrons. The van der Waals surface area contributed by atoms with E-state index in [9.17, 15) is 0 Å². The van der Waals surface area contributed by atoms with Crippen molar-refractivity contribution >= 4 is 11.8 Å². The van der Waals surface area contributed by atoms with Crippen molar-refractivity contribution in [2.24, 2.45) is 0 Å². The summed E-state index contributed by atoms with van der Waals surface area (Å²) in [6.07, 6.45) is 15.4. The highest BCUT2D eigenvalue weighted by atomic mass is 32.2. The van der Waals surface area contributed by atoms with Gasteiger partial charge in [-0.25, -0.2) is 0 Å². The van der Waals surface area contributed by atoms with Crippen molar-refractivity contribution in [3.8, 4) is 0 Å². The van der Waals surface area contributed by atoms with Crippen LogP contribution in [0.4, 0.5) is 0 Å². The topological polar surface area (TPSA) is 3.24 Å². The molecule has 0 radical (unpaired) electrons. The molecular formula is C15H25NS. The molecule has 1 saturated carbocycles. The lowest BCUT2D eigenvalue weighted by Crippen LogP contribution is -2.50. The van der Waals surface area contributed by atoms with Gasteiger partial charge in [-0.05, 0) is 44.1 Å². The summed E-state index contributed by atoms with van der Waals surface area (Å²) in [5, 5.41) is 3.20. The van der Waals surface area contributed by atoms with Gasteiger partial charge >= 0.3 is 0 Å². The molecule has 2 aliphatic heterocycles. The van der Waals surface area contributed by atoms with Gasteiger partial charge in [0.1, 0.15) is 0 Å². The lowest BCUT2D eigenvalue weighted by Gasteiger charge is -2.45. The largest absolute Gasteiger partial charge is 0.296 e. The van der Waals surface area contributed by atoms with Gasteiger partial charge in [0.25, 0.3) is 0 Å². The minimum atomic E-state index is 0.872. The fourth-order valence-corrected chi connectivity index (χ4v) is 5.01. The maximum atomic E-state index is 2.91. The zero-order chi connectivity index (χ0) is 11.5. The summed E-state index contributed by atoms with van der Waals surface area (Å²) in [5.41, 5.74) is 0. The number of likely N-dealkylation sites (tertiary alicyclic amines) is 1. The van der Waals surface area contributed by atoms with Crippen molar-refractivity contribution in [2.75, 3.05) is 6.54 Å². The van der Waals surface area contributed by atoms with Gasteiger partial charge < -0.3 is 0 Å². The van der Waals surface area contributed by atoms with Crippen LogP contribution in [-0.4, -0.2) is 28.8 Å². The summed E-state index contributed by atoms with van der Waals surface area (Å²) in [6, 6.07) is 1.81. The van der Waals surface area contributed by atoms with Crippen LogP contribution in [0.15, 0.2) is 11.5 Å². The minimum Gasteiger partial charge on any atom is -0.296 e. The molecule has 1 aliphatic carbocycles. The molecule has 0 spiro atoms. The van der Waals surface area contributed by atoms with Gasteiger partial charge in [-0.2, -0.15) is 0 Å². The molecule has 2 heterocycles. The van der Waals surface area contributed by atoms with Crippen molar-refractivity contribution in [1.29, 1.82) is 0 Å². The van der Waals surface area contributed by atoms with Crippen molar-refractivity contribution in [1.82, 2.24) is 4.90 Å². The van der Waals surface area contributed by atoms with Gasteiger partial charge in [-0.1, -0.05) is 31.8 Å². The Morgan fingerprint density at radius 2 is 1.76 bits per heavy atom. The molecule has 0 aromatic rings. The number of rotatable bonds is 2. The van der Waals surface area contributed by atoms with Crippen LogP contribution in [0.1, 0.15) is 57.8 Å². The Bertz CT molecular complexity index is 262. The summed E-state index contributed by atoms with van der Waals surface area (Å²) >= 11 is 2.09. The molecule has 0 aromatic carbocycles. The molecule has 3 aliphatic rings. The number of allylic oxidation sites excluding steroid dienone is 1. The standard InChI is InChI=1S/C15H25NS/c1-2-7-13(8-3-1)16-11-5-4-9-14(16)15-10-6-12-17-15/h6,12-15H,1-5,7-11H2. The Labute approximate surface area is 110 Å². The maximum absolute atomic E-state index is 2.91. The summed E-state index contributed by atoms with van der Waals surface area (Å²) in [4.78, 5) is 2.91. The normalized spacial score (nSPS) is 36.5. The molecule has 0 amide bonds. The molecule has 0 bridgehead atoms. The SMILES string of the molecule is C1=CSC(C2CCCCN2C2CCCCC2)C1. The second-order valence-corrected chi connectivity index (χ2v) is 7.02. The number of hydrogen-bond acceptors (Lipinski definition) is 2. The number of nitrogens with zero attached hydrogens (tertiary/aromatic N) is 1. The van der Waals surface area contributed by atoms with Crippen LogP contribution in [0.5, 0.6) is 0 Å². The Hall–Kier alpha value is 0.0500. The molecule has 1 nitrogen and oxygen atoms in total. The first-order chi connectivity index (χ1) is 8.45. The van der Waals surface area contributed by atoms with Crippen molar-refractivity contribution in [3.05, 3.63) is 11.5 Å². The average molecular weight is 251 g/mol. The highest BCUT2D eigenvalue weighted by molar-refractivity contribution is 8.03. The van der Waals surface area contributed by atoms with Gasteiger partial charge in [0.05, 0.1) is 0 Å². The van der Waals surface area contributed by atoms with Crippen LogP contribution in [0.3, 0.4) is 0 Å². The molecule has 1 saturated heterocycles. The van der Waals surface area contributed by atoms with E-state index in [0.29, 0.717) is 0 Å². The van der Waals surface area contributed by atoms with Crippen LogP contribution in [0, 0.1) is 0 Å². The molecule has 2 fully saturated rings. The fraction of sp³-hybridized carbons (Fsp3) is 0.867. The fourth-order valence-electron chi connectivity index (χ4n) is 3.89. The van der Waals surface area contributed by atoms with E-state index in [1.165, 1.54) is 64.3 Å². The lowest BCUT2D eigenvalue weighted by molar-refractivity contribution is 0.0718. The van der Waals surface area contributed by atoms with Crippen LogP contribution in [-0.2, 0) is 0 Å². The highest BCUT2D eigenvalue weighted by Crippen LogP contribution is 2.37. The van der Waals surface area contributed by atoms with E-state index in [4.69, 9.17) is 0 Å². The van der Waals surface area contributed by atoms with Crippen LogP contribution in [0.25, 0.3) is 0 Å². The zero-order valence-electron chi connectivity index (χ0n) is 10.8. The first-order valence-electron chi connectivity index (χ1n) is 7.51. The second-order valence-electron chi connectivity index (χ2n) is 5.87. The molecule has 0 N–H and O–H groups in total. The maximum Gasteiger partial charge on any atom is 0.0279 e. The van der Waals surface area contributed by atoms with E-state index in [1.807, 2.05) is 0 Å². The Balaban J connectivity index is 1.65. The predicted octanol–water partition coefficient (Wildman–Crippen LogP) is 4.19. The van der Waals surface area contributed by atoms with Gasteiger partial charge in [0.2, 0.25) is 0 Å². The van der Waals surface area contributed by atoms with Crippen LogP contribution in [0.2, 0.25) is 0 Å². The van der Waals surface area contributed by atoms with E-state index < -0.39 is 0 Å². The minimum absolute atomic E-state index is 0.872. The lowest BCUT2D eigenvalue weighted by atomic mass is 9.89. The molecule has 17 heavy (non-hydrogen) atoms. The Kier molecular flexibility index (Phi) is 4.12. The molecule has 2 atom stereocenters. The predicted molar refractivity (Wildman–Crippen MR) is 76.4 cm³/mol. The number of thioether (sulfide) groups is 1. The van der Waals surface area contributed by atoms with E-state index in [1.54, 1.807) is 0 Å². The second kappa shape index (κ2) is 5.79. The summed E-state index contributed by atoms with van der Waals surface area (Å²) in [5.74, 6) is 0. The van der Waals surface area contributed by atoms with E-state index in [-0.39, 0.29) is 0 Å². The average Bonchev–Trinajstić information content (AvgIpc) is 2.94. The third-order valence-corrected chi connectivity index (χ3v) is 5.99. The molecular weight excluding hydrogens is 226 g/mol. The van der Waals surface area contributed by atoms with Crippen LogP contribution < -0.4 is 0 Å². The summed E-state index contributed by atoms with van der Waals surface area (Å²) in [6.45, 7) is 1.38. The molecule has 0 aromatic heterocycles. The first-order valence-corrected chi connectivity index (χ1v) is 8.45. The molecule has 2 heteroatoms. The van der Waals surface area contributed by atoms with Crippen molar-refractivity contribution in [2.45, 2.75) is 75.1 Å². The third kappa shape index (κ3) is 2.73. The van der Waals surface area contributed by atoms with E-state index in [2.05, 4.69) is 28.1 Å². The van der Waals surface area contributed by atoms with Gasteiger partial charge in [-0.15, -0.1) is 11.8 Å². The quantitative estimate of drug-likeness (QED) is 0.724. The zero-order valence-corrected chi connectivity index (χ0v) is 11.6. The molecule has 3 rings (SSSR count). The third-order valence-electron chi connectivity index (χ3n) is 4.78. The Morgan fingerprint density at radius 1 is 0.941 bits per heavy atom. The molecule has 2 unspecified atom stereocenters. The van der Waals surface area contributed by atoms with Crippen molar-refractivity contribution < 1.29 is 0 Å². The summed E-state index contributed by atoms with van der Waals surface area (Å²) < 4.78 is 0. The van der Waals surface area contributed by atoms with Gasteiger partial charge in [0.15, 0.2) is 0 Å². The number of hydrogen-bond donors (Lipinski definition) is 0. The smallest absolute Gasteiger partial charge is 0.0279 e. The van der Waals surface area contributed by atoms with E-state index in [0.717, 1.165) is 17.3 Å². The highest BCUT2D eigenvalue weighted by Gasteiger charge is 2.34. The number of piperidine rings is 1.